The van der Waals surface area contributed by atoms with Gasteiger partial charge in [0.25, 0.3) is 0 Å². The zero-order valence-electron chi connectivity index (χ0n) is 9.28. The van der Waals surface area contributed by atoms with Gasteiger partial charge in [0.15, 0.2) is 0 Å². The number of rotatable bonds is 5. The Balaban J connectivity index is 1.84. The number of hydrogen-bond acceptors (Lipinski definition) is 3. The van der Waals surface area contributed by atoms with Gasteiger partial charge in [0.2, 0.25) is 0 Å². The first-order chi connectivity index (χ1) is 7.24. The smallest absolute Gasteiger partial charge is 0.0499 e. The summed E-state index contributed by atoms with van der Waals surface area (Å²) in [6, 6.07) is 4.27. The third kappa shape index (κ3) is 2.60. The maximum atomic E-state index is 9.39. The van der Waals surface area contributed by atoms with E-state index in [0.29, 0.717) is 6.61 Å². The van der Waals surface area contributed by atoms with Gasteiger partial charge in [-0.25, -0.2) is 0 Å². The van der Waals surface area contributed by atoms with Gasteiger partial charge in [-0.3, -0.25) is 0 Å². The molecule has 3 heteroatoms. The molecule has 1 aromatic heterocycles. The van der Waals surface area contributed by atoms with E-state index in [4.69, 9.17) is 0 Å². The van der Waals surface area contributed by atoms with E-state index in [9.17, 15) is 5.11 Å². The molecule has 15 heavy (non-hydrogen) atoms. The van der Waals surface area contributed by atoms with E-state index in [1.54, 1.807) is 11.3 Å². The first-order valence-corrected chi connectivity index (χ1v) is 6.44. The molecule has 1 saturated carbocycles. The minimum atomic E-state index is 0.214. The molecule has 0 saturated heterocycles. The standard InChI is InChI=1S/C12H19NOS/c1-13(8-11-4-2-7-15-11)9-12(10-14)5-3-6-12/h2,4,7,14H,3,5-6,8-10H2,1H3. The molecule has 0 spiro atoms. The highest BCUT2D eigenvalue weighted by Gasteiger charge is 2.37. The molecule has 0 bridgehead atoms. The Morgan fingerprint density at radius 2 is 2.33 bits per heavy atom. The van der Waals surface area contributed by atoms with Gasteiger partial charge in [-0.05, 0) is 31.3 Å². The van der Waals surface area contributed by atoms with E-state index in [1.165, 1.54) is 24.1 Å². The molecule has 1 aromatic rings. The Bertz CT molecular complexity index is 287. The van der Waals surface area contributed by atoms with Crippen molar-refractivity contribution in [2.24, 2.45) is 5.41 Å². The summed E-state index contributed by atoms with van der Waals surface area (Å²) in [6.07, 6.45) is 3.67. The maximum absolute atomic E-state index is 9.39. The molecule has 0 unspecified atom stereocenters. The Labute approximate surface area is 95.5 Å². The van der Waals surface area contributed by atoms with Crippen LogP contribution in [0.4, 0.5) is 0 Å². The fraction of sp³-hybridized carbons (Fsp3) is 0.667. The van der Waals surface area contributed by atoms with Gasteiger partial charge in [-0.1, -0.05) is 12.5 Å². The van der Waals surface area contributed by atoms with Crippen LogP contribution in [0.15, 0.2) is 17.5 Å². The van der Waals surface area contributed by atoms with E-state index in [-0.39, 0.29) is 5.41 Å². The molecule has 0 amide bonds. The van der Waals surface area contributed by atoms with E-state index < -0.39 is 0 Å². The van der Waals surface area contributed by atoms with Gasteiger partial charge >= 0.3 is 0 Å². The van der Waals surface area contributed by atoms with Crippen molar-refractivity contribution in [2.75, 3.05) is 20.2 Å². The SMILES string of the molecule is CN(Cc1cccs1)CC1(CO)CCC1. The number of hydrogen-bond donors (Lipinski definition) is 1. The topological polar surface area (TPSA) is 23.5 Å². The summed E-state index contributed by atoms with van der Waals surface area (Å²) >= 11 is 1.81. The van der Waals surface area contributed by atoms with Gasteiger partial charge < -0.3 is 10.0 Å². The lowest BCUT2D eigenvalue weighted by molar-refractivity contribution is 0.0129. The van der Waals surface area contributed by atoms with Gasteiger partial charge in [-0.2, -0.15) is 0 Å². The number of nitrogens with zero attached hydrogens (tertiary/aromatic N) is 1. The summed E-state index contributed by atoms with van der Waals surface area (Å²) in [4.78, 5) is 3.74. The predicted molar refractivity (Wildman–Crippen MR) is 64.0 cm³/mol. The summed E-state index contributed by atoms with van der Waals surface area (Å²) < 4.78 is 0. The Morgan fingerprint density at radius 1 is 1.53 bits per heavy atom. The Hall–Kier alpha value is -0.380. The summed E-state index contributed by atoms with van der Waals surface area (Å²) in [5, 5.41) is 11.5. The van der Waals surface area contributed by atoms with Crippen molar-refractivity contribution in [3.63, 3.8) is 0 Å². The van der Waals surface area contributed by atoms with E-state index >= 15 is 0 Å². The van der Waals surface area contributed by atoms with Crippen LogP contribution >= 0.6 is 11.3 Å². The van der Waals surface area contributed by atoms with Gasteiger partial charge in [0.05, 0.1) is 0 Å². The molecule has 0 radical (unpaired) electrons. The van der Waals surface area contributed by atoms with Crippen molar-refractivity contribution in [2.45, 2.75) is 25.8 Å². The van der Waals surface area contributed by atoms with Crippen molar-refractivity contribution < 1.29 is 5.11 Å². The van der Waals surface area contributed by atoms with E-state index in [0.717, 1.165) is 13.1 Å². The lowest BCUT2D eigenvalue weighted by atomic mass is 9.69. The minimum absolute atomic E-state index is 0.214. The van der Waals surface area contributed by atoms with Crippen LogP contribution in [0, 0.1) is 5.41 Å². The third-order valence-corrected chi connectivity index (χ3v) is 4.22. The molecule has 1 aliphatic rings. The van der Waals surface area contributed by atoms with E-state index in [1.807, 2.05) is 0 Å². The largest absolute Gasteiger partial charge is 0.396 e. The van der Waals surface area contributed by atoms with Gasteiger partial charge in [0.1, 0.15) is 0 Å². The van der Waals surface area contributed by atoms with Crippen LogP contribution in [0.2, 0.25) is 0 Å². The number of aliphatic hydroxyl groups is 1. The molecule has 2 rings (SSSR count). The highest BCUT2D eigenvalue weighted by Crippen LogP contribution is 2.41. The van der Waals surface area contributed by atoms with Crippen LogP contribution in [0.25, 0.3) is 0 Å². The normalized spacial score (nSPS) is 19.1. The Kier molecular flexibility index (Phi) is 3.44. The predicted octanol–water partition coefficient (Wildman–Crippen LogP) is 2.34. The van der Waals surface area contributed by atoms with Crippen LogP contribution in [0.3, 0.4) is 0 Å². The monoisotopic (exact) mass is 225 g/mol. The molecule has 84 valence electrons. The lowest BCUT2D eigenvalue weighted by Gasteiger charge is -2.42. The molecule has 1 fully saturated rings. The molecule has 1 aliphatic carbocycles. The van der Waals surface area contributed by atoms with Crippen LogP contribution < -0.4 is 0 Å². The molecule has 1 N–H and O–H groups in total. The number of aliphatic hydroxyl groups excluding tert-OH is 1. The Morgan fingerprint density at radius 3 is 2.80 bits per heavy atom. The fourth-order valence-electron chi connectivity index (χ4n) is 2.34. The molecule has 1 heterocycles. The zero-order chi connectivity index (χ0) is 10.7. The van der Waals surface area contributed by atoms with Crippen molar-refractivity contribution in [3.05, 3.63) is 22.4 Å². The second-order valence-electron chi connectivity index (χ2n) is 4.76. The van der Waals surface area contributed by atoms with Crippen molar-refractivity contribution in [3.8, 4) is 0 Å². The van der Waals surface area contributed by atoms with E-state index in [2.05, 4.69) is 29.5 Å². The van der Waals surface area contributed by atoms with Crippen molar-refractivity contribution in [1.82, 2.24) is 4.90 Å². The minimum Gasteiger partial charge on any atom is -0.396 e. The first-order valence-electron chi connectivity index (χ1n) is 5.56. The highest BCUT2D eigenvalue weighted by atomic mass is 32.1. The van der Waals surface area contributed by atoms with Crippen molar-refractivity contribution in [1.29, 1.82) is 0 Å². The number of thiophene rings is 1. The molecule has 2 nitrogen and oxygen atoms in total. The summed E-state index contributed by atoms with van der Waals surface area (Å²) in [7, 11) is 2.15. The average Bonchev–Trinajstić information content (AvgIpc) is 2.64. The second kappa shape index (κ2) is 4.64. The third-order valence-electron chi connectivity index (χ3n) is 3.36. The zero-order valence-corrected chi connectivity index (χ0v) is 10.1. The quantitative estimate of drug-likeness (QED) is 0.831. The maximum Gasteiger partial charge on any atom is 0.0499 e. The van der Waals surface area contributed by atoms with Gasteiger partial charge in [-0.15, -0.1) is 11.3 Å². The van der Waals surface area contributed by atoms with Crippen LogP contribution in [0.1, 0.15) is 24.1 Å². The summed E-state index contributed by atoms with van der Waals surface area (Å²) in [5.74, 6) is 0. The fourth-order valence-corrected chi connectivity index (χ4v) is 3.12. The van der Waals surface area contributed by atoms with Crippen LogP contribution in [-0.2, 0) is 6.54 Å². The van der Waals surface area contributed by atoms with Crippen LogP contribution in [0.5, 0.6) is 0 Å². The molecular weight excluding hydrogens is 206 g/mol. The molecule has 0 atom stereocenters. The first kappa shape index (κ1) is 11.1. The highest BCUT2D eigenvalue weighted by molar-refractivity contribution is 7.09. The molecule has 0 aromatic carbocycles. The van der Waals surface area contributed by atoms with Gasteiger partial charge in [0, 0.05) is 30.0 Å². The molecular formula is C12H19NOS. The van der Waals surface area contributed by atoms with Crippen molar-refractivity contribution >= 4 is 11.3 Å². The average molecular weight is 225 g/mol. The second-order valence-corrected chi connectivity index (χ2v) is 5.80. The lowest BCUT2D eigenvalue weighted by Crippen LogP contribution is -2.43. The summed E-state index contributed by atoms with van der Waals surface area (Å²) in [5.41, 5.74) is 0.214. The summed E-state index contributed by atoms with van der Waals surface area (Å²) in [6.45, 7) is 2.39. The van der Waals surface area contributed by atoms with Crippen LogP contribution in [-0.4, -0.2) is 30.2 Å². The molecule has 0 aliphatic heterocycles.